The molecule has 0 aromatic carbocycles. The van der Waals surface area contributed by atoms with Gasteiger partial charge in [0.2, 0.25) is 0 Å². The molecule has 2 aromatic rings. The van der Waals surface area contributed by atoms with Crippen molar-refractivity contribution in [2.75, 3.05) is 0 Å². The van der Waals surface area contributed by atoms with Gasteiger partial charge < -0.3 is 0 Å². The lowest BCUT2D eigenvalue weighted by molar-refractivity contribution is 0.511. The van der Waals surface area contributed by atoms with E-state index in [1.165, 1.54) is 47.5 Å². The van der Waals surface area contributed by atoms with Crippen LogP contribution in [-0.4, -0.2) is 9.97 Å². The molecule has 2 aliphatic carbocycles. The van der Waals surface area contributed by atoms with Crippen LogP contribution in [0.4, 0.5) is 0 Å². The fourth-order valence-electron chi connectivity index (χ4n) is 3.80. The van der Waals surface area contributed by atoms with Crippen LogP contribution in [0.15, 0.2) is 18.5 Å². The molecule has 2 aliphatic rings. The number of thiazole rings is 1. The minimum Gasteiger partial charge on any atom is -0.264 e. The van der Waals surface area contributed by atoms with Gasteiger partial charge in [-0.2, -0.15) is 0 Å². The number of rotatable bonds is 2. The zero-order valence-electron chi connectivity index (χ0n) is 12.1. The Morgan fingerprint density at radius 3 is 3.05 bits per heavy atom. The summed E-state index contributed by atoms with van der Waals surface area (Å²) in [6.07, 6.45) is 9.30. The molecule has 104 valence electrons. The first-order valence-electron chi connectivity index (χ1n) is 7.66. The molecule has 4 rings (SSSR count). The van der Waals surface area contributed by atoms with Gasteiger partial charge in [0.25, 0.3) is 0 Å². The Balaban J connectivity index is 1.80. The maximum Gasteiger partial charge on any atom is 0.125 e. The number of hydrogen-bond acceptors (Lipinski definition) is 3. The molecule has 2 heterocycles. The maximum absolute atomic E-state index is 5.02. The van der Waals surface area contributed by atoms with Crippen LogP contribution in [0.5, 0.6) is 0 Å². The van der Waals surface area contributed by atoms with Crippen molar-refractivity contribution in [2.24, 2.45) is 5.92 Å². The first kappa shape index (κ1) is 12.5. The van der Waals surface area contributed by atoms with Gasteiger partial charge in [-0.15, -0.1) is 11.3 Å². The fraction of sp³-hybridized carbons (Fsp3) is 0.529. The minimum absolute atomic E-state index is 0.519. The monoisotopic (exact) mass is 284 g/mol. The number of fused-ring (bicyclic) bond motifs is 4. The summed E-state index contributed by atoms with van der Waals surface area (Å²) >= 11 is 1.92. The van der Waals surface area contributed by atoms with Crippen molar-refractivity contribution < 1.29 is 0 Å². The van der Waals surface area contributed by atoms with Crippen molar-refractivity contribution in [1.82, 2.24) is 9.97 Å². The average molecular weight is 284 g/mol. The molecule has 1 saturated carbocycles. The summed E-state index contributed by atoms with van der Waals surface area (Å²) in [5.41, 5.74) is 4.03. The van der Waals surface area contributed by atoms with Crippen molar-refractivity contribution in [3.05, 3.63) is 34.6 Å². The quantitative estimate of drug-likeness (QED) is 0.794. The Bertz CT molecular complexity index is 644. The van der Waals surface area contributed by atoms with Crippen molar-refractivity contribution in [3.8, 4) is 10.6 Å². The number of hydrogen-bond donors (Lipinski definition) is 0. The largest absolute Gasteiger partial charge is 0.264 e. The molecule has 2 unspecified atom stereocenters. The summed E-state index contributed by atoms with van der Waals surface area (Å²) in [7, 11) is 0. The van der Waals surface area contributed by atoms with E-state index in [1.807, 2.05) is 23.7 Å². The standard InChI is InChI=1S/C17H20N2S/c1-10(2)13-5-6-18-9-14(13)17-19-16-12-4-3-11(7-12)8-15(16)20-17/h5-6,9-12H,3-4,7-8H2,1-2H3. The van der Waals surface area contributed by atoms with E-state index in [0.717, 1.165) is 11.8 Å². The summed E-state index contributed by atoms with van der Waals surface area (Å²) in [4.78, 5) is 10.9. The molecule has 2 bridgehead atoms. The smallest absolute Gasteiger partial charge is 0.125 e. The number of nitrogens with zero attached hydrogens (tertiary/aromatic N) is 2. The molecule has 1 fully saturated rings. The zero-order valence-corrected chi connectivity index (χ0v) is 12.9. The molecule has 2 aromatic heterocycles. The molecule has 0 spiro atoms. The van der Waals surface area contributed by atoms with Crippen molar-refractivity contribution in [1.29, 1.82) is 0 Å². The Labute approximate surface area is 124 Å². The van der Waals surface area contributed by atoms with E-state index >= 15 is 0 Å². The predicted octanol–water partition coefficient (Wildman–Crippen LogP) is 4.77. The van der Waals surface area contributed by atoms with Gasteiger partial charge in [0.1, 0.15) is 5.01 Å². The number of pyridine rings is 1. The molecular weight excluding hydrogens is 264 g/mol. The minimum atomic E-state index is 0.519. The van der Waals surface area contributed by atoms with E-state index in [-0.39, 0.29) is 0 Å². The predicted molar refractivity (Wildman–Crippen MR) is 83.2 cm³/mol. The van der Waals surface area contributed by atoms with Gasteiger partial charge >= 0.3 is 0 Å². The molecule has 2 nitrogen and oxygen atoms in total. The van der Waals surface area contributed by atoms with Gasteiger partial charge in [0, 0.05) is 28.8 Å². The molecule has 0 radical (unpaired) electrons. The van der Waals surface area contributed by atoms with E-state index in [0.29, 0.717) is 5.92 Å². The fourth-order valence-corrected chi connectivity index (χ4v) is 5.10. The van der Waals surface area contributed by atoms with Crippen LogP contribution < -0.4 is 0 Å². The van der Waals surface area contributed by atoms with Gasteiger partial charge in [0.05, 0.1) is 5.69 Å². The summed E-state index contributed by atoms with van der Waals surface area (Å²) in [5, 5.41) is 1.19. The second kappa shape index (κ2) is 4.66. The maximum atomic E-state index is 5.02. The molecule has 2 atom stereocenters. The molecule has 3 heteroatoms. The third-order valence-corrected chi connectivity index (χ3v) is 5.96. The van der Waals surface area contributed by atoms with E-state index < -0.39 is 0 Å². The highest BCUT2D eigenvalue weighted by atomic mass is 32.1. The summed E-state index contributed by atoms with van der Waals surface area (Å²) in [5.74, 6) is 2.19. The molecule has 20 heavy (non-hydrogen) atoms. The van der Waals surface area contributed by atoms with E-state index in [4.69, 9.17) is 4.98 Å². The summed E-state index contributed by atoms with van der Waals surface area (Å²) in [6, 6.07) is 2.15. The number of aromatic nitrogens is 2. The Hall–Kier alpha value is -1.22. The Kier molecular flexibility index (Phi) is 2.92. The van der Waals surface area contributed by atoms with Crippen LogP contribution in [0, 0.1) is 5.92 Å². The van der Waals surface area contributed by atoms with Gasteiger partial charge in [-0.25, -0.2) is 4.98 Å². The molecule has 0 amide bonds. The lowest BCUT2D eigenvalue weighted by Crippen LogP contribution is -2.08. The van der Waals surface area contributed by atoms with Crippen LogP contribution in [-0.2, 0) is 6.42 Å². The van der Waals surface area contributed by atoms with Crippen LogP contribution in [0.2, 0.25) is 0 Å². The van der Waals surface area contributed by atoms with E-state index in [9.17, 15) is 0 Å². The summed E-state index contributed by atoms with van der Waals surface area (Å²) in [6.45, 7) is 4.49. The first-order valence-corrected chi connectivity index (χ1v) is 8.48. The third-order valence-electron chi connectivity index (χ3n) is 4.84. The Morgan fingerprint density at radius 2 is 2.20 bits per heavy atom. The molecule has 0 aliphatic heterocycles. The lowest BCUT2D eigenvalue weighted by Gasteiger charge is -2.16. The summed E-state index contributed by atoms with van der Waals surface area (Å²) < 4.78 is 0. The van der Waals surface area contributed by atoms with E-state index in [1.54, 1.807) is 4.88 Å². The van der Waals surface area contributed by atoms with Crippen molar-refractivity contribution in [2.45, 2.75) is 51.4 Å². The van der Waals surface area contributed by atoms with Crippen LogP contribution in [0.1, 0.15) is 61.1 Å². The van der Waals surface area contributed by atoms with Crippen LogP contribution >= 0.6 is 11.3 Å². The van der Waals surface area contributed by atoms with Gasteiger partial charge in [-0.3, -0.25) is 4.98 Å². The van der Waals surface area contributed by atoms with Gasteiger partial charge in [-0.1, -0.05) is 13.8 Å². The Morgan fingerprint density at radius 1 is 1.30 bits per heavy atom. The molecule has 0 saturated heterocycles. The van der Waals surface area contributed by atoms with E-state index in [2.05, 4.69) is 24.9 Å². The van der Waals surface area contributed by atoms with Crippen LogP contribution in [0.3, 0.4) is 0 Å². The second-order valence-corrected chi connectivity index (χ2v) is 7.61. The molecular formula is C17H20N2S. The van der Waals surface area contributed by atoms with Crippen molar-refractivity contribution >= 4 is 11.3 Å². The third kappa shape index (κ3) is 1.91. The van der Waals surface area contributed by atoms with Crippen LogP contribution in [0.25, 0.3) is 10.6 Å². The topological polar surface area (TPSA) is 25.8 Å². The highest BCUT2D eigenvalue weighted by Gasteiger charge is 2.35. The first-order chi connectivity index (χ1) is 9.72. The highest BCUT2D eigenvalue weighted by molar-refractivity contribution is 7.15. The van der Waals surface area contributed by atoms with Gasteiger partial charge in [-0.05, 0) is 49.1 Å². The van der Waals surface area contributed by atoms with Gasteiger partial charge in [0.15, 0.2) is 0 Å². The normalized spacial score (nSPS) is 24.1. The highest BCUT2D eigenvalue weighted by Crippen LogP contribution is 2.48. The average Bonchev–Trinajstić information content (AvgIpc) is 3.05. The molecule has 0 N–H and O–H groups in total. The SMILES string of the molecule is CC(C)c1ccncc1-c1nc2c(s1)CC1CCC2C1. The van der Waals surface area contributed by atoms with Crippen molar-refractivity contribution in [3.63, 3.8) is 0 Å². The zero-order chi connectivity index (χ0) is 13.7. The lowest BCUT2D eigenvalue weighted by atomic mass is 9.91. The second-order valence-electron chi connectivity index (χ2n) is 6.53.